The molecular weight excluding hydrogens is 320 g/mol. The van der Waals surface area contributed by atoms with Gasteiger partial charge in [0, 0.05) is 23.5 Å². The monoisotopic (exact) mass is 334 g/mol. The van der Waals surface area contributed by atoms with Crippen molar-refractivity contribution in [1.82, 2.24) is 9.97 Å². The number of aromatic nitrogens is 2. The van der Waals surface area contributed by atoms with Gasteiger partial charge in [-0.25, -0.2) is 19.6 Å². The zero-order valence-corrected chi connectivity index (χ0v) is 13.1. The summed E-state index contributed by atoms with van der Waals surface area (Å²) in [5.74, 6) is -2.44. The molecule has 25 heavy (non-hydrogen) atoms. The Balaban J connectivity index is 2.12. The van der Waals surface area contributed by atoms with E-state index in [4.69, 9.17) is 0 Å². The van der Waals surface area contributed by atoms with E-state index < -0.39 is 11.9 Å². The molecule has 0 saturated carbocycles. The second-order valence-electron chi connectivity index (χ2n) is 5.41. The molecule has 0 radical (unpaired) electrons. The Labute approximate surface area is 143 Å². The van der Waals surface area contributed by atoms with Crippen LogP contribution in [0.2, 0.25) is 0 Å². The van der Waals surface area contributed by atoms with E-state index in [0.29, 0.717) is 6.42 Å². The van der Waals surface area contributed by atoms with Gasteiger partial charge in [-0.3, -0.25) is 0 Å². The Kier molecular flexibility index (Phi) is 4.52. The van der Waals surface area contributed by atoms with Gasteiger partial charge in [0.05, 0.1) is 0 Å². The van der Waals surface area contributed by atoms with Gasteiger partial charge in [0.1, 0.15) is 0 Å². The lowest BCUT2D eigenvalue weighted by atomic mass is 9.98. The van der Waals surface area contributed by atoms with Gasteiger partial charge >= 0.3 is 11.9 Å². The number of hydrogen-bond acceptors (Lipinski definition) is 4. The van der Waals surface area contributed by atoms with E-state index in [9.17, 15) is 19.8 Å². The van der Waals surface area contributed by atoms with Gasteiger partial charge < -0.3 is 10.2 Å². The van der Waals surface area contributed by atoms with Gasteiger partial charge in [0.15, 0.2) is 11.4 Å². The lowest BCUT2D eigenvalue weighted by molar-refractivity contribution is 0.0678. The molecule has 3 rings (SSSR count). The minimum atomic E-state index is -1.22. The van der Waals surface area contributed by atoms with Crippen LogP contribution in [-0.2, 0) is 6.42 Å². The molecule has 2 aromatic heterocycles. The summed E-state index contributed by atoms with van der Waals surface area (Å²) >= 11 is 0. The molecule has 2 heterocycles. The summed E-state index contributed by atoms with van der Waals surface area (Å²) in [6.07, 6.45) is 3.41. The molecule has 0 aliphatic heterocycles. The predicted molar refractivity (Wildman–Crippen MR) is 90.6 cm³/mol. The summed E-state index contributed by atoms with van der Waals surface area (Å²) in [5, 5.41) is 18.7. The van der Waals surface area contributed by atoms with Gasteiger partial charge in [-0.05, 0) is 29.7 Å². The Morgan fingerprint density at radius 1 is 0.800 bits per heavy atom. The van der Waals surface area contributed by atoms with Crippen molar-refractivity contribution >= 4 is 11.9 Å². The van der Waals surface area contributed by atoms with Crippen molar-refractivity contribution in [3.05, 3.63) is 83.4 Å². The number of benzene rings is 1. The number of carboxylic acids is 2. The Bertz CT molecular complexity index is 939. The summed E-state index contributed by atoms with van der Waals surface area (Å²) in [6.45, 7) is 0. The lowest BCUT2D eigenvalue weighted by Gasteiger charge is -2.10. The van der Waals surface area contributed by atoms with Crippen molar-refractivity contribution in [2.75, 3.05) is 0 Å². The number of carbonyl (C=O) groups is 2. The minimum Gasteiger partial charge on any atom is -0.476 e. The summed E-state index contributed by atoms with van der Waals surface area (Å²) in [6, 6.07) is 14.4. The molecule has 0 spiro atoms. The van der Waals surface area contributed by atoms with E-state index in [1.54, 1.807) is 12.1 Å². The smallest absolute Gasteiger partial charge is 0.355 e. The number of carboxylic acid groups (broad SMARTS) is 2. The van der Waals surface area contributed by atoms with Crippen LogP contribution in [0.3, 0.4) is 0 Å². The first-order valence-corrected chi connectivity index (χ1v) is 7.51. The standard InChI is InChI=1S/C19H14N2O4/c22-18(23)16-14(7-4-8-20-16)15-10-13(11-21-17(15)19(24)25)9-12-5-2-1-3-6-12/h1-8,10-11H,9H2,(H,22,23)(H,24,25). The van der Waals surface area contributed by atoms with Crippen molar-refractivity contribution in [1.29, 1.82) is 0 Å². The Hall–Kier alpha value is -3.54. The van der Waals surface area contributed by atoms with Crippen LogP contribution in [0.1, 0.15) is 32.1 Å². The molecule has 0 fully saturated rings. The van der Waals surface area contributed by atoms with Crippen molar-refractivity contribution in [2.24, 2.45) is 0 Å². The normalized spacial score (nSPS) is 10.4. The van der Waals surface area contributed by atoms with Crippen LogP contribution in [0.4, 0.5) is 0 Å². The number of rotatable bonds is 5. The maximum absolute atomic E-state index is 11.5. The van der Waals surface area contributed by atoms with E-state index in [2.05, 4.69) is 9.97 Å². The Morgan fingerprint density at radius 3 is 2.16 bits per heavy atom. The first-order valence-electron chi connectivity index (χ1n) is 7.51. The molecule has 124 valence electrons. The van der Waals surface area contributed by atoms with Crippen molar-refractivity contribution < 1.29 is 19.8 Å². The summed E-state index contributed by atoms with van der Waals surface area (Å²) in [7, 11) is 0. The second kappa shape index (κ2) is 6.92. The topological polar surface area (TPSA) is 100 Å². The molecule has 0 saturated heterocycles. The number of nitrogens with zero attached hydrogens (tertiary/aromatic N) is 2. The third-order valence-corrected chi connectivity index (χ3v) is 3.70. The fourth-order valence-corrected chi connectivity index (χ4v) is 2.61. The molecule has 1 aromatic carbocycles. The highest BCUT2D eigenvalue weighted by molar-refractivity contribution is 5.99. The van der Waals surface area contributed by atoms with E-state index in [1.165, 1.54) is 18.5 Å². The zero-order chi connectivity index (χ0) is 17.8. The zero-order valence-electron chi connectivity index (χ0n) is 13.1. The van der Waals surface area contributed by atoms with Gasteiger partial charge in [-0.2, -0.15) is 0 Å². The molecular formula is C19H14N2O4. The van der Waals surface area contributed by atoms with Gasteiger partial charge in [-0.15, -0.1) is 0 Å². The highest BCUT2D eigenvalue weighted by Crippen LogP contribution is 2.27. The number of hydrogen-bond donors (Lipinski definition) is 2. The van der Waals surface area contributed by atoms with Crippen LogP contribution in [0, 0.1) is 0 Å². The maximum Gasteiger partial charge on any atom is 0.355 e. The molecule has 0 aliphatic carbocycles. The van der Waals surface area contributed by atoms with Crippen LogP contribution in [0.5, 0.6) is 0 Å². The molecule has 6 nitrogen and oxygen atoms in total. The number of pyridine rings is 2. The second-order valence-corrected chi connectivity index (χ2v) is 5.41. The third-order valence-electron chi connectivity index (χ3n) is 3.70. The van der Waals surface area contributed by atoms with E-state index >= 15 is 0 Å². The maximum atomic E-state index is 11.5. The minimum absolute atomic E-state index is 0.202. The summed E-state index contributed by atoms with van der Waals surface area (Å²) in [4.78, 5) is 30.8. The fourth-order valence-electron chi connectivity index (χ4n) is 2.61. The fraction of sp³-hybridized carbons (Fsp3) is 0.0526. The Morgan fingerprint density at radius 2 is 1.48 bits per heavy atom. The molecule has 0 atom stereocenters. The average molecular weight is 334 g/mol. The molecule has 0 bridgehead atoms. The highest BCUT2D eigenvalue weighted by atomic mass is 16.4. The molecule has 6 heteroatoms. The quantitative estimate of drug-likeness (QED) is 0.743. The van der Waals surface area contributed by atoms with Crippen LogP contribution >= 0.6 is 0 Å². The van der Waals surface area contributed by atoms with Gasteiger partial charge in [0.25, 0.3) is 0 Å². The summed E-state index contributed by atoms with van der Waals surface area (Å²) in [5.41, 5.74) is 1.89. The summed E-state index contributed by atoms with van der Waals surface area (Å²) < 4.78 is 0. The van der Waals surface area contributed by atoms with Crippen molar-refractivity contribution in [3.8, 4) is 11.1 Å². The van der Waals surface area contributed by atoms with Crippen molar-refractivity contribution in [2.45, 2.75) is 6.42 Å². The van der Waals surface area contributed by atoms with Crippen LogP contribution in [-0.4, -0.2) is 32.1 Å². The first-order chi connectivity index (χ1) is 12.1. The molecule has 0 amide bonds. The highest BCUT2D eigenvalue weighted by Gasteiger charge is 2.20. The van der Waals surface area contributed by atoms with Gasteiger partial charge in [-0.1, -0.05) is 36.4 Å². The van der Waals surface area contributed by atoms with Crippen LogP contribution < -0.4 is 0 Å². The van der Waals surface area contributed by atoms with E-state index in [-0.39, 0.29) is 22.5 Å². The molecule has 2 N–H and O–H groups in total. The van der Waals surface area contributed by atoms with Crippen LogP contribution in [0.25, 0.3) is 11.1 Å². The molecule has 0 unspecified atom stereocenters. The van der Waals surface area contributed by atoms with E-state index in [0.717, 1.165) is 11.1 Å². The molecule has 3 aromatic rings. The first kappa shape index (κ1) is 16.3. The largest absolute Gasteiger partial charge is 0.476 e. The third kappa shape index (κ3) is 3.53. The predicted octanol–water partition coefficient (Wildman–Crippen LogP) is 3.13. The lowest BCUT2D eigenvalue weighted by Crippen LogP contribution is -2.08. The van der Waals surface area contributed by atoms with E-state index in [1.807, 2.05) is 30.3 Å². The SMILES string of the molecule is O=C(O)c1ncccc1-c1cc(Cc2ccccc2)cnc1C(=O)O. The average Bonchev–Trinajstić information content (AvgIpc) is 2.62. The van der Waals surface area contributed by atoms with Crippen LogP contribution in [0.15, 0.2) is 60.9 Å². The molecule has 0 aliphatic rings. The number of aromatic carboxylic acids is 2. The van der Waals surface area contributed by atoms with Crippen molar-refractivity contribution in [3.63, 3.8) is 0 Å². The van der Waals surface area contributed by atoms with Gasteiger partial charge in [0.2, 0.25) is 0 Å².